The van der Waals surface area contributed by atoms with Gasteiger partial charge in [-0.2, -0.15) is 0 Å². The zero-order chi connectivity index (χ0) is 9.26. The lowest BCUT2D eigenvalue weighted by molar-refractivity contribution is 0.128. The summed E-state index contributed by atoms with van der Waals surface area (Å²) in [6, 6.07) is 8.19. The Morgan fingerprint density at radius 2 is 2.15 bits per heavy atom. The molecule has 1 aromatic carbocycles. The van der Waals surface area contributed by atoms with Gasteiger partial charge < -0.3 is 4.74 Å². The molecule has 13 heavy (non-hydrogen) atoms. The molecule has 2 rings (SSSR count). The number of halogens is 2. The van der Waals surface area contributed by atoms with Crippen LogP contribution in [0.4, 0.5) is 0 Å². The molecule has 3 heteroatoms. The first-order chi connectivity index (χ1) is 6.24. The number of ether oxygens (including phenoxy) is 1. The maximum absolute atomic E-state index is 5.77. The fourth-order valence-corrected chi connectivity index (χ4v) is 2.68. The van der Waals surface area contributed by atoms with Crippen LogP contribution in [-0.4, -0.2) is 10.9 Å². The van der Waals surface area contributed by atoms with Gasteiger partial charge in [-0.25, -0.2) is 0 Å². The Hall–Kier alpha value is 0.230. The van der Waals surface area contributed by atoms with Crippen molar-refractivity contribution in [3.8, 4) is 5.75 Å². The molecule has 0 bridgehead atoms. The quantitative estimate of drug-likeness (QED) is 0.583. The molecule has 0 aromatic heterocycles. The van der Waals surface area contributed by atoms with Crippen LogP contribution in [0.15, 0.2) is 24.3 Å². The second-order valence-corrected chi connectivity index (χ2v) is 5.81. The van der Waals surface area contributed by atoms with Gasteiger partial charge in [0.1, 0.15) is 11.9 Å². The first-order valence-electron chi connectivity index (χ1n) is 4.30. The zero-order valence-corrected chi connectivity index (χ0v) is 10.8. The highest BCUT2D eigenvalue weighted by Crippen LogP contribution is 2.31. The van der Waals surface area contributed by atoms with Crippen molar-refractivity contribution in [2.75, 3.05) is 0 Å². The molecule has 0 saturated heterocycles. The van der Waals surface area contributed by atoms with Crippen LogP contribution >= 0.6 is 38.5 Å². The highest BCUT2D eigenvalue weighted by atomic mass is 127. The van der Waals surface area contributed by atoms with Crippen LogP contribution in [0.25, 0.3) is 0 Å². The average Bonchev–Trinajstić information content (AvgIpc) is 2.01. The summed E-state index contributed by atoms with van der Waals surface area (Å²) < 4.78 is 6.99. The number of hydrogen-bond donors (Lipinski definition) is 0. The van der Waals surface area contributed by atoms with Gasteiger partial charge in [-0.15, -0.1) is 0 Å². The highest BCUT2D eigenvalue weighted by Gasteiger charge is 2.28. The van der Waals surface area contributed by atoms with Crippen molar-refractivity contribution in [1.82, 2.24) is 0 Å². The highest BCUT2D eigenvalue weighted by molar-refractivity contribution is 14.1. The van der Waals surface area contributed by atoms with E-state index in [9.17, 15) is 0 Å². The summed E-state index contributed by atoms with van der Waals surface area (Å²) in [7, 11) is 0. The maximum Gasteiger partial charge on any atom is 0.120 e. The summed E-state index contributed by atoms with van der Waals surface area (Å²) in [5.41, 5.74) is 0. The molecule has 0 spiro atoms. The largest absolute Gasteiger partial charge is 0.490 e. The second kappa shape index (κ2) is 4.17. The van der Waals surface area contributed by atoms with Gasteiger partial charge in [0.05, 0.1) is 0 Å². The third-order valence-corrected chi connectivity index (χ3v) is 3.55. The Balaban J connectivity index is 1.94. The summed E-state index contributed by atoms with van der Waals surface area (Å²) in [6.45, 7) is 0. The number of hydrogen-bond acceptors (Lipinski definition) is 1. The van der Waals surface area contributed by atoms with E-state index in [0.717, 1.165) is 18.6 Å². The third-order valence-electron chi connectivity index (χ3n) is 2.14. The summed E-state index contributed by atoms with van der Waals surface area (Å²) in [5.74, 6) is 0.997. The van der Waals surface area contributed by atoms with E-state index in [2.05, 4.69) is 50.7 Å². The van der Waals surface area contributed by atoms with Crippen LogP contribution in [-0.2, 0) is 0 Å². The summed E-state index contributed by atoms with van der Waals surface area (Å²) in [5, 5.41) is 0. The van der Waals surface area contributed by atoms with Crippen molar-refractivity contribution >= 4 is 38.5 Å². The standard InChI is InChI=1S/C10H10BrIO/c11-7-4-10(5-7)13-9-3-1-2-8(12)6-9/h1-3,6-7,10H,4-5H2. The molecule has 0 unspecified atom stereocenters. The lowest BCUT2D eigenvalue weighted by Crippen LogP contribution is -2.33. The van der Waals surface area contributed by atoms with E-state index in [0.29, 0.717) is 10.9 Å². The predicted molar refractivity (Wildman–Crippen MR) is 65.5 cm³/mol. The van der Waals surface area contributed by atoms with Gasteiger partial charge in [0.15, 0.2) is 0 Å². The molecule has 1 fully saturated rings. The van der Waals surface area contributed by atoms with Crippen LogP contribution in [0.1, 0.15) is 12.8 Å². The number of rotatable bonds is 2. The lowest BCUT2D eigenvalue weighted by Gasteiger charge is -2.31. The van der Waals surface area contributed by atoms with Crippen LogP contribution < -0.4 is 4.74 Å². The van der Waals surface area contributed by atoms with Gasteiger partial charge in [0.25, 0.3) is 0 Å². The average molecular weight is 353 g/mol. The van der Waals surface area contributed by atoms with Crippen LogP contribution in [0, 0.1) is 3.57 Å². The Morgan fingerprint density at radius 3 is 2.77 bits per heavy atom. The molecule has 1 nitrogen and oxygen atoms in total. The maximum atomic E-state index is 5.77. The van der Waals surface area contributed by atoms with E-state index in [4.69, 9.17) is 4.74 Å². The molecular formula is C10H10BrIO. The van der Waals surface area contributed by atoms with Gasteiger partial charge in [-0.05, 0) is 53.6 Å². The fraction of sp³-hybridized carbons (Fsp3) is 0.400. The van der Waals surface area contributed by atoms with Crippen molar-refractivity contribution in [2.24, 2.45) is 0 Å². The van der Waals surface area contributed by atoms with Gasteiger partial charge >= 0.3 is 0 Å². The fourth-order valence-electron chi connectivity index (χ4n) is 1.33. The first-order valence-corrected chi connectivity index (χ1v) is 6.30. The van der Waals surface area contributed by atoms with E-state index in [1.807, 2.05) is 12.1 Å². The molecule has 0 amide bonds. The van der Waals surface area contributed by atoms with Crippen LogP contribution in [0.2, 0.25) is 0 Å². The van der Waals surface area contributed by atoms with Crippen molar-refractivity contribution in [3.63, 3.8) is 0 Å². The molecule has 1 aliphatic rings. The predicted octanol–water partition coefficient (Wildman–Crippen LogP) is 3.60. The third kappa shape index (κ3) is 2.59. The van der Waals surface area contributed by atoms with E-state index >= 15 is 0 Å². The molecule has 0 N–H and O–H groups in total. The smallest absolute Gasteiger partial charge is 0.120 e. The number of alkyl halides is 1. The Bertz CT molecular complexity index is 297. The molecule has 0 heterocycles. The van der Waals surface area contributed by atoms with Gasteiger partial charge in [0, 0.05) is 8.40 Å². The van der Waals surface area contributed by atoms with Crippen LogP contribution in [0.5, 0.6) is 5.75 Å². The minimum Gasteiger partial charge on any atom is -0.490 e. The first kappa shape index (κ1) is 9.77. The van der Waals surface area contributed by atoms with Crippen LogP contribution in [0.3, 0.4) is 0 Å². The minimum absolute atomic E-state index is 0.419. The van der Waals surface area contributed by atoms with Crippen molar-refractivity contribution < 1.29 is 4.74 Å². The summed E-state index contributed by atoms with van der Waals surface area (Å²) in [6.07, 6.45) is 2.68. The monoisotopic (exact) mass is 352 g/mol. The van der Waals surface area contributed by atoms with E-state index in [1.165, 1.54) is 3.57 Å². The Kier molecular flexibility index (Phi) is 3.14. The Labute approximate surface area is 100 Å². The van der Waals surface area contributed by atoms with Gasteiger partial charge in [-0.3, -0.25) is 0 Å². The molecule has 1 aromatic rings. The zero-order valence-electron chi connectivity index (χ0n) is 7.04. The molecule has 0 radical (unpaired) electrons. The topological polar surface area (TPSA) is 9.23 Å². The number of benzene rings is 1. The summed E-state index contributed by atoms with van der Waals surface area (Å²) in [4.78, 5) is 0.667. The summed E-state index contributed by atoms with van der Waals surface area (Å²) >= 11 is 5.84. The van der Waals surface area contributed by atoms with E-state index in [-0.39, 0.29) is 0 Å². The molecule has 0 aliphatic heterocycles. The molecule has 70 valence electrons. The molecule has 0 atom stereocenters. The van der Waals surface area contributed by atoms with Crippen molar-refractivity contribution in [2.45, 2.75) is 23.8 Å². The lowest BCUT2D eigenvalue weighted by atomic mass is 9.96. The molecular weight excluding hydrogens is 343 g/mol. The molecule has 1 saturated carbocycles. The van der Waals surface area contributed by atoms with Gasteiger partial charge in [0.2, 0.25) is 0 Å². The van der Waals surface area contributed by atoms with Crippen molar-refractivity contribution in [1.29, 1.82) is 0 Å². The SMILES string of the molecule is BrC1CC(Oc2cccc(I)c2)C1. The van der Waals surface area contributed by atoms with E-state index in [1.54, 1.807) is 0 Å². The normalized spacial score (nSPS) is 26.6. The van der Waals surface area contributed by atoms with E-state index < -0.39 is 0 Å². The molecule has 1 aliphatic carbocycles. The second-order valence-electron chi connectivity index (χ2n) is 3.27. The van der Waals surface area contributed by atoms with Gasteiger partial charge in [-0.1, -0.05) is 22.0 Å². The van der Waals surface area contributed by atoms with Crippen molar-refractivity contribution in [3.05, 3.63) is 27.8 Å². The minimum atomic E-state index is 0.419. The Morgan fingerprint density at radius 1 is 1.38 bits per heavy atom.